The Morgan fingerprint density at radius 3 is 2.54 bits per heavy atom. The smallest absolute Gasteiger partial charge is 0.422 e. The van der Waals surface area contributed by atoms with Crippen molar-refractivity contribution in [2.24, 2.45) is 5.10 Å². The van der Waals surface area contributed by atoms with Crippen molar-refractivity contribution < 1.29 is 41.0 Å². The predicted molar refractivity (Wildman–Crippen MR) is 118 cm³/mol. The van der Waals surface area contributed by atoms with Gasteiger partial charge < -0.3 is 9.84 Å². The van der Waals surface area contributed by atoms with E-state index in [0.717, 1.165) is 28.2 Å². The van der Waals surface area contributed by atoms with Gasteiger partial charge in [0.15, 0.2) is 12.4 Å². The fourth-order valence-corrected chi connectivity index (χ4v) is 2.93. The van der Waals surface area contributed by atoms with Crippen molar-refractivity contribution in [3.05, 3.63) is 52.3 Å². The molecule has 0 saturated carbocycles. The minimum atomic E-state index is -4.82. The first-order valence-electron chi connectivity index (χ1n) is 9.76. The second-order valence-electron chi connectivity index (χ2n) is 6.78. The number of hydrazone groups is 1. The Bertz CT molecular complexity index is 1110. The monoisotopic (exact) mass is 524 g/mol. The lowest BCUT2D eigenvalue weighted by Crippen LogP contribution is -2.34. The summed E-state index contributed by atoms with van der Waals surface area (Å²) >= 11 is 5.82. The van der Waals surface area contributed by atoms with Crippen LogP contribution in [0.1, 0.15) is 18.1 Å². The van der Waals surface area contributed by atoms with E-state index in [9.17, 15) is 36.2 Å². The number of rotatable bonds is 9. The Hall–Kier alpha value is -3.32. The van der Waals surface area contributed by atoms with E-state index < -0.39 is 59.5 Å². The molecule has 2 rings (SSSR count). The number of carbonyl (C=O) groups is 1. The predicted octanol–water partition coefficient (Wildman–Crippen LogP) is 4.64. The first kappa shape index (κ1) is 27.9. The molecule has 35 heavy (non-hydrogen) atoms. The summed E-state index contributed by atoms with van der Waals surface area (Å²) in [5.74, 6) is -4.62. The maximum atomic E-state index is 15.0. The number of anilines is 1. The first-order chi connectivity index (χ1) is 16.4. The number of hydrogen-bond acceptors (Lipinski definition) is 6. The van der Waals surface area contributed by atoms with Gasteiger partial charge in [0.05, 0.1) is 21.8 Å². The molecule has 0 radical (unpaired) electrons. The molecule has 7 nitrogen and oxygen atoms in total. The van der Waals surface area contributed by atoms with Gasteiger partial charge in [-0.3, -0.25) is 14.7 Å². The van der Waals surface area contributed by atoms with Gasteiger partial charge in [0.1, 0.15) is 24.0 Å². The number of hydrogen-bond donors (Lipinski definition) is 1. The molecule has 0 bridgehead atoms. The average Bonchev–Trinajstić information content (AvgIpc) is 2.79. The fourth-order valence-electron chi connectivity index (χ4n) is 2.74. The minimum Gasteiger partial charge on any atom is -0.483 e. The Labute approximate surface area is 200 Å². The number of carbonyl (C=O) groups excluding carboxylic acids is 1. The second kappa shape index (κ2) is 11.9. The van der Waals surface area contributed by atoms with Crippen LogP contribution in [-0.4, -0.2) is 60.2 Å². The molecule has 1 aromatic carbocycles. The fraction of sp³-hybridized carbons (Fsp3) is 0.286. The third kappa shape index (κ3) is 7.33. The van der Waals surface area contributed by atoms with Crippen LogP contribution in [0.25, 0.3) is 11.9 Å². The largest absolute Gasteiger partial charge is 0.483 e. The summed E-state index contributed by atoms with van der Waals surface area (Å²) in [6.45, 7) is -0.876. The van der Waals surface area contributed by atoms with Gasteiger partial charge in [0.25, 0.3) is 0 Å². The maximum absolute atomic E-state index is 15.0. The molecule has 2 aromatic rings. The van der Waals surface area contributed by atoms with Crippen LogP contribution >= 0.6 is 11.6 Å². The van der Waals surface area contributed by atoms with Crippen LogP contribution in [0.2, 0.25) is 5.02 Å². The Morgan fingerprint density at radius 2 is 2.00 bits per heavy atom. The van der Waals surface area contributed by atoms with Gasteiger partial charge in [-0.1, -0.05) is 11.6 Å². The van der Waals surface area contributed by atoms with Gasteiger partial charge in [-0.2, -0.15) is 22.7 Å². The van der Waals surface area contributed by atoms with Crippen molar-refractivity contribution in [2.45, 2.75) is 13.1 Å². The highest BCUT2D eigenvalue weighted by Crippen LogP contribution is 2.36. The zero-order valence-electron chi connectivity index (χ0n) is 18.3. The Morgan fingerprint density at radius 1 is 1.31 bits per heavy atom. The summed E-state index contributed by atoms with van der Waals surface area (Å²) < 4.78 is 86.8. The normalized spacial score (nSPS) is 12.5. The molecule has 0 fully saturated rings. The molecule has 0 saturated heterocycles. The van der Waals surface area contributed by atoms with Gasteiger partial charge in [0, 0.05) is 25.9 Å². The van der Waals surface area contributed by atoms with Crippen LogP contribution < -0.4 is 9.75 Å². The number of amidine groups is 1. The summed E-state index contributed by atoms with van der Waals surface area (Å²) in [4.78, 5) is 15.4. The van der Waals surface area contributed by atoms with Gasteiger partial charge in [-0.25, -0.2) is 13.8 Å². The van der Waals surface area contributed by atoms with E-state index in [2.05, 4.69) is 14.8 Å². The number of ether oxygens (including phenoxy) is 1. The average molecular weight is 525 g/mol. The van der Waals surface area contributed by atoms with Crippen molar-refractivity contribution >= 4 is 41.4 Å². The number of aliphatic hydroxyl groups is 1. The Kier molecular flexibility index (Phi) is 9.48. The van der Waals surface area contributed by atoms with Crippen LogP contribution in [0.5, 0.6) is 5.75 Å². The number of alkyl halides is 3. The quantitative estimate of drug-likeness (QED) is 0.129. The number of halogens is 7. The van der Waals surface area contributed by atoms with Crippen LogP contribution in [0.3, 0.4) is 0 Å². The number of likely N-dealkylation sites (N-methyl/N-ethyl adjacent to an activating group) is 1. The standard InChI is InChI=1S/C21H19ClF6N4O3/c1-3-32(11-34)19(9-33)30-31(2)17-8-18(35-10-21(26,27)28)13(7-16(17)24)15(23)6-12-14(22)4-5-29-20(12)25/h4-8,11,33H,3,9-10H2,1-2H3/b15-6-,30-19-. The molecule has 0 unspecified atom stereocenters. The van der Waals surface area contributed by atoms with E-state index in [-0.39, 0.29) is 17.4 Å². The minimum absolute atomic E-state index is 0.113. The summed E-state index contributed by atoms with van der Waals surface area (Å²) in [6, 6.07) is 2.41. The molecule has 1 heterocycles. The molecule has 1 aromatic heterocycles. The van der Waals surface area contributed by atoms with E-state index in [4.69, 9.17) is 11.6 Å². The van der Waals surface area contributed by atoms with Crippen LogP contribution in [0.15, 0.2) is 29.5 Å². The van der Waals surface area contributed by atoms with Gasteiger partial charge in [-0.15, -0.1) is 0 Å². The van der Waals surface area contributed by atoms with E-state index >= 15 is 0 Å². The van der Waals surface area contributed by atoms with Crippen molar-refractivity contribution in [2.75, 3.05) is 31.8 Å². The maximum Gasteiger partial charge on any atom is 0.422 e. The molecule has 0 aliphatic rings. The molecule has 0 aliphatic heterocycles. The van der Waals surface area contributed by atoms with Crippen molar-refractivity contribution in [1.82, 2.24) is 9.88 Å². The number of pyridine rings is 1. The third-order valence-corrected chi connectivity index (χ3v) is 4.74. The highest BCUT2D eigenvalue weighted by molar-refractivity contribution is 6.32. The van der Waals surface area contributed by atoms with Gasteiger partial charge in [-0.05, 0) is 25.1 Å². The highest BCUT2D eigenvalue weighted by Gasteiger charge is 2.30. The van der Waals surface area contributed by atoms with Crippen molar-refractivity contribution in [3.8, 4) is 5.75 Å². The van der Waals surface area contributed by atoms with Crippen LogP contribution in [-0.2, 0) is 4.79 Å². The molecule has 0 atom stereocenters. The van der Waals surface area contributed by atoms with E-state index in [1.54, 1.807) is 6.92 Å². The molecule has 0 aliphatic carbocycles. The summed E-state index contributed by atoms with van der Waals surface area (Å²) in [6.07, 6.45) is -2.90. The van der Waals surface area contributed by atoms with E-state index in [1.165, 1.54) is 7.05 Å². The molecule has 1 N–H and O–H groups in total. The third-order valence-electron chi connectivity index (χ3n) is 4.41. The Balaban J connectivity index is 2.61. The zero-order chi connectivity index (χ0) is 26.3. The molecule has 1 amide bonds. The second-order valence-corrected chi connectivity index (χ2v) is 7.19. The van der Waals surface area contributed by atoms with Gasteiger partial charge in [0.2, 0.25) is 12.4 Å². The molecular formula is C21H19ClF6N4O3. The summed E-state index contributed by atoms with van der Waals surface area (Å²) in [5.41, 5.74) is -1.75. The van der Waals surface area contributed by atoms with E-state index in [0.29, 0.717) is 18.6 Å². The zero-order valence-corrected chi connectivity index (χ0v) is 19.0. The molecule has 14 heteroatoms. The molecule has 0 spiro atoms. The SMILES string of the molecule is CCN(C=O)/C(CO)=N\N(C)c1cc(OCC(F)(F)F)c(/C(F)=C/c2c(Cl)ccnc2F)cc1F. The number of aromatic nitrogens is 1. The van der Waals surface area contributed by atoms with Crippen molar-refractivity contribution in [3.63, 3.8) is 0 Å². The lowest BCUT2D eigenvalue weighted by molar-refractivity contribution is -0.153. The number of aliphatic hydroxyl groups excluding tert-OH is 1. The number of benzene rings is 1. The van der Waals surface area contributed by atoms with Crippen LogP contribution in [0, 0.1) is 11.8 Å². The lowest BCUT2D eigenvalue weighted by Gasteiger charge is -2.22. The van der Waals surface area contributed by atoms with Gasteiger partial charge >= 0.3 is 6.18 Å². The number of nitrogens with zero attached hydrogens (tertiary/aromatic N) is 4. The van der Waals surface area contributed by atoms with E-state index in [1.807, 2.05) is 0 Å². The summed E-state index contributed by atoms with van der Waals surface area (Å²) in [7, 11) is 1.18. The van der Waals surface area contributed by atoms with Crippen molar-refractivity contribution in [1.29, 1.82) is 0 Å². The highest BCUT2D eigenvalue weighted by atomic mass is 35.5. The summed E-state index contributed by atoms with van der Waals surface area (Å²) in [5, 5.41) is 13.9. The lowest BCUT2D eigenvalue weighted by atomic mass is 10.1. The van der Waals surface area contributed by atoms with Crippen LogP contribution in [0.4, 0.5) is 32.0 Å². The topological polar surface area (TPSA) is 78.3 Å². The molecule has 190 valence electrons. The number of amides is 1. The molecular weight excluding hydrogens is 506 g/mol. The first-order valence-corrected chi connectivity index (χ1v) is 10.1.